The van der Waals surface area contributed by atoms with Crippen LogP contribution in [0.15, 0.2) is 29.2 Å². The number of hydrogen-bond acceptors (Lipinski definition) is 4. The fourth-order valence-electron chi connectivity index (χ4n) is 2.79. The third kappa shape index (κ3) is 3.93. The SMILES string of the molecule is CC(C)NS(=O)(=O)c1ccc(C(=O)N2C[C@@H](C)[C@H](C(=O)O)C2)cc1. The molecule has 8 heteroatoms. The van der Waals surface area contributed by atoms with Crippen LogP contribution >= 0.6 is 0 Å². The Bertz CT molecular complexity index is 727. The summed E-state index contributed by atoms with van der Waals surface area (Å²) in [6, 6.07) is 5.44. The van der Waals surface area contributed by atoms with Gasteiger partial charge in [0, 0.05) is 24.7 Å². The minimum Gasteiger partial charge on any atom is -0.481 e. The highest BCUT2D eigenvalue weighted by molar-refractivity contribution is 7.89. The minimum absolute atomic E-state index is 0.0888. The van der Waals surface area contributed by atoms with Gasteiger partial charge in [0.05, 0.1) is 10.8 Å². The molecular weight excluding hydrogens is 332 g/mol. The molecule has 0 unspecified atom stereocenters. The third-order valence-corrected chi connectivity index (χ3v) is 5.69. The molecule has 1 fully saturated rings. The summed E-state index contributed by atoms with van der Waals surface area (Å²) in [6.07, 6.45) is 0. The van der Waals surface area contributed by atoms with Crippen molar-refractivity contribution in [1.29, 1.82) is 0 Å². The lowest BCUT2D eigenvalue weighted by atomic mass is 9.99. The van der Waals surface area contributed by atoms with Gasteiger partial charge in [-0.3, -0.25) is 9.59 Å². The molecular formula is C16H22N2O5S. The van der Waals surface area contributed by atoms with Crippen LogP contribution < -0.4 is 4.72 Å². The molecule has 24 heavy (non-hydrogen) atoms. The Labute approximate surface area is 141 Å². The number of sulfonamides is 1. The maximum absolute atomic E-state index is 12.5. The van der Waals surface area contributed by atoms with Gasteiger partial charge in [-0.25, -0.2) is 13.1 Å². The molecule has 0 aromatic heterocycles. The van der Waals surface area contributed by atoms with Crippen LogP contribution in [0, 0.1) is 11.8 Å². The van der Waals surface area contributed by atoms with E-state index in [0.717, 1.165) is 0 Å². The summed E-state index contributed by atoms with van der Waals surface area (Å²) < 4.78 is 26.6. The van der Waals surface area contributed by atoms with Gasteiger partial charge in [0.15, 0.2) is 0 Å². The van der Waals surface area contributed by atoms with Crippen molar-refractivity contribution in [2.75, 3.05) is 13.1 Å². The summed E-state index contributed by atoms with van der Waals surface area (Å²) >= 11 is 0. The van der Waals surface area contributed by atoms with E-state index in [1.165, 1.54) is 29.2 Å². The largest absolute Gasteiger partial charge is 0.481 e. The monoisotopic (exact) mass is 354 g/mol. The van der Waals surface area contributed by atoms with Crippen molar-refractivity contribution in [3.8, 4) is 0 Å². The molecule has 2 atom stereocenters. The van der Waals surface area contributed by atoms with Crippen molar-refractivity contribution in [1.82, 2.24) is 9.62 Å². The number of rotatable bonds is 5. The van der Waals surface area contributed by atoms with Crippen LogP contribution in [0.3, 0.4) is 0 Å². The summed E-state index contributed by atoms with van der Waals surface area (Å²) in [4.78, 5) is 25.2. The van der Waals surface area contributed by atoms with Gasteiger partial charge in [-0.2, -0.15) is 0 Å². The molecule has 132 valence electrons. The first kappa shape index (κ1) is 18.4. The van der Waals surface area contributed by atoms with Crippen LogP contribution in [0.25, 0.3) is 0 Å². The highest BCUT2D eigenvalue weighted by Crippen LogP contribution is 2.25. The Hall–Kier alpha value is -1.93. The predicted octanol–water partition coefficient (Wildman–Crippen LogP) is 1.17. The number of carbonyl (C=O) groups is 2. The second-order valence-electron chi connectivity index (χ2n) is 6.43. The molecule has 1 aromatic carbocycles. The van der Waals surface area contributed by atoms with Gasteiger partial charge < -0.3 is 10.0 Å². The first-order valence-electron chi connectivity index (χ1n) is 7.76. The summed E-state index contributed by atoms with van der Waals surface area (Å²) in [6.45, 7) is 5.81. The zero-order valence-electron chi connectivity index (χ0n) is 13.9. The molecule has 2 N–H and O–H groups in total. The number of hydrogen-bond donors (Lipinski definition) is 2. The van der Waals surface area contributed by atoms with Crippen LogP contribution in [0.4, 0.5) is 0 Å². The molecule has 0 radical (unpaired) electrons. The highest BCUT2D eigenvalue weighted by atomic mass is 32.2. The molecule has 1 amide bonds. The van der Waals surface area contributed by atoms with Crippen molar-refractivity contribution in [2.45, 2.75) is 31.7 Å². The number of carbonyl (C=O) groups excluding carboxylic acids is 1. The van der Waals surface area contributed by atoms with Gasteiger partial charge in [0.2, 0.25) is 10.0 Å². The van der Waals surface area contributed by atoms with Crippen LogP contribution in [0.2, 0.25) is 0 Å². The van der Waals surface area contributed by atoms with Gasteiger partial charge in [0.1, 0.15) is 0 Å². The van der Waals surface area contributed by atoms with Crippen molar-refractivity contribution in [3.63, 3.8) is 0 Å². The Kier molecular flexibility index (Phi) is 5.29. The molecule has 0 bridgehead atoms. The number of benzene rings is 1. The average Bonchev–Trinajstić information content (AvgIpc) is 2.87. The van der Waals surface area contributed by atoms with Crippen molar-refractivity contribution >= 4 is 21.9 Å². The second kappa shape index (κ2) is 6.90. The maximum atomic E-state index is 12.5. The fourth-order valence-corrected chi connectivity index (χ4v) is 4.04. The molecule has 2 rings (SSSR count). The van der Waals surface area contributed by atoms with Gasteiger partial charge in [-0.05, 0) is 44.0 Å². The van der Waals surface area contributed by atoms with E-state index in [2.05, 4.69) is 4.72 Å². The van der Waals surface area contributed by atoms with E-state index in [4.69, 9.17) is 5.11 Å². The first-order valence-corrected chi connectivity index (χ1v) is 9.24. The summed E-state index contributed by atoms with van der Waals surface area (Å²) in [7, 11) is -3.60. The van der Waals surface area contributed by atoms with E-state index >= 15 is 0 Å². The zero-order valence-corrected chi connectivity index (χ0v) is 14.7. The number of carboxylic acids is 1. The topological polar surface area (TPSA) is 104 Å². The van der Waals surface area contributed by atoms with Crippen molar-refractivity contribution in [3.05, 3.63) is 29.8 Å². The van der Waals surface area contributed by atoms with E-state index in [0.29, 0.717) is 12.1 Å². The molecule has 7 nitrogen and oxygen atoms in total. The Balaban J connectivity index is 2.14. The molecule has 0 spiro atoms. The van der Waals surface area contributed by atoms with Crippen LogP contribution in [0.5, 0.6) is 0 Å². The quantitative estimate of drug-likeness (QED) is 0.826. The van der Waals surface area contributed by atoms with Crippen molar-refractivity contribution in [2.24, 2.45) is 11.8 Å². The lowest BCUT2D eigenvalue weighted by Gasteiger charge is -2.16. The normalized spacial score (nSPS) is 21.2. The fraction of sp³-hybridized carbons (Fsp3) is 0.500. The smallest absolute Gasteiger partial charge is 0.308 e. The van der Waals surface area contributed by atoms with Gasteiger partial charge in [-0.15, -0.1) is 0 Å². The van der Waals surface area contributed by atoms with Crippen LogP contribution in [-0.4, -0.2) is 49.4 Å². The zero-order chi connectivity index (χ0) is 18.1. The second-order valence-corrected chi connectivity index (χ2v) is 8.15. The third-order valence-electron chi connectivity index (χ3n) is 4.02. The Morgan fingerprint density at radius 1 is 1.21 bits per heavy atom. The summed E-state index contributed by atoms with van der Waals surface area (Å²) in [5.74, 6) is -1.87. The summed E-state index contributed by atoms with van der Waals surface area (Å²) in [5, 5.41) is 9.14. The first-order chi connectivity index (χ1) is 11.1. The number of nitrogens with one attached hydrogen (secondary N) is 1. The average molecular weight is 354 g/mol. The molecule has 1 saturated heterocycles. The lowest BCUT2D eigenvalue weighted by molar-refractivity contribution is -0.142. The molecule has 1 heterocycles. The molecule has 1 aromatic rings. The molecule has 0 aliphatic carbocycles. The number of aliphatic carboxylic acids is 1. The van der Waals surface area contributed by atoms with Gasteiger partial charge >= 0.3 is 5.97 Å². The van der Waals surface area contributed by atoms with Gasteiger partial charge in [-0.1, -0.05) is 6.92 Å². The molecule has 0 saturated carbocycles. The number of nitrogens with zero attached hydrogens (tertiary/aromatic N) is 1. The predicted molar refractivity (Wildman–Crippen MR) is 88.1 cm³/mol. The number of likely N-dealkylation sites (tertiary alicyclic amines) is 1. The van der Waals surface area contributed by atoms with E-state index in [1.807, 2.05) is 0 Å². The van der Waals surface area contributed by atoms with E-state index in [-0.39, 0.29) is 29.3 Å². The standard InChI is InChI=1S/C16H22N2O5S/c1-10(2)17-24(22,23)13-6-4-12(5-7-13)15(19)18-8-11(3)14(9-18)16(20)21/h4-7,10-11,14,17H,8-9H2,1-3H3,(H,20,21)/t11-,14-/m1/s1. The Morgan fingerprint density at radius 2 is 1.79 bits per heavy atom. The highest BCUT2D eigenvalue weighted by Gasteiger charge is 2.37. The molecule has 1 aliphatic heterocycles. The summed E-state index contributed by atoms with van der Waals surface area (Å²) in [5.41, 5.74) is 0.344. The Morgan fingerprint density at radius 3 is 2.25 bits per heavy atom. The number of carboxylic acid groups (broad SMARTS) is 1. The van der Waals surface area contributed by atoms with E-state index in [1.54, 1.807) is 20.8 Å². The minimum atomic E-state index is -3.60. The maximum Gasteiger partial charge on any atom is 0.308 e. The molecule has 1 aliphatic rings. The van der Waals surface area contributed by atoms with Gasteiger partial charge in [0.25, 0.3) is 5.91 Å². The van der Waals surface area contributed by atoms with Crippen LogP contribution in [0.1, 0.15) is 31.1 Å². The van der Waals surface area contributed by atoms with E-state index in [9.17, 15) is 18.0 Å². The van der Waals surface area contributed by atoms with Crippen molar-refractivity contribution < 1.29 is 23.1 Å². The number of amides is 1. The van der Waals surface area contributed by atoms with E-state index < -0.39 is 21.9 Å². The lowest BCUT2D eigenvalue weighted by Crippen LogP contribution is -2.31. The van der Waals surface area contributed by atoms with Crippen LogP contribution in [-0.2, 0) is 14.8 Å².